The number of methoxy groups -OCH3 is 1. The van der Waals surface area contributed by atoms with Crippen LogP contribution < -0.4 is 4.74 Å². The standard InChI is InChI=1S/C12H17FO2/c1-7(2)12-10(13)5-9(8(3)14)6-11(12)15-4/h5-8,14H,1-4H3. The molecule has 0 heterocycles. The summed E-state index contributed by atoms with van der Waals surface area (Å²) in [5, 5.41) is 9.38. The third-order valence-corrected chi connectivity index (χ3v) is 2.39. The SMILES string of the molecule is COc1cc(C(C)O)cc(F)c1C(C)C. The van der Waals surface area contributed by atoms with E-state index in [9.17, 15) is 9.50 Å². The fourth-order valence-corrected chi connectivity index (χ4v) is 1.58. The lowest BCUT2D eigenvalue weighted by Gasteiger charge is -2.15. The molecule has 1 atom stereocenters. The van der Waals surface area contributed by atoms with Crippen molar-refractivity contribution in [2.45, 2.75) is 32.8 Å². The van der Waals surface area contributed by atoms with Gasteiger partial charge in [0.1, 0.15) is 11.6 Å². The lowest BCUT2D eigenvalue weighted by Crippen LogP contribution is -2.02. The average molecular weight is 212 g/mol. The van der Waals surface area contributed by atoms with Gasteiger partial charge in [-0.2, -0.15) is 0 Å². The summed E-state index contributed by atoms with van der Waals surface area (Å²) in [5.74, 6) is 0.240. The maximum Gasteiger partial charge on any atom is 0.130 e. The molecule has 84 valence electrons. The Labute approximate surface area is 89.7 Å². The molecule has 0 saturated heterocycles. The van der Waals surface area contributed by atoms with Crippen molar-refractivity contribution >= 4 is 0 Å². The molecule has 1 rings (SSSR count). The monoisotopic (exact) mass is 212 g/mol. The van der Waals surface area contributed by atoms with Crippen molar-refractivity contribution in [3.05, 3.63) is 29.1 Å². The van der Waals surface area contributed by atoms with E-state index in [2.05, 4.69) is 0 Å². The molecule has 0 aliphatic carbocycles. The van der Waals surface area contributed by atoms with Crippen LogP contribution in [0.15, 0.2) is 12.1 Å². The van der Waals surface area contributed by atoms with Crippen LogP contribution in [0.1, 0.15) is 43.9 Å². The second-order valence-electron chi connectivity index (χ2n) is 3.95. The molecule has 3 heteroatoms. The molecule has 0 saturated carbocycles. The first-order valence-electron chi connectivity index (χ1n) is 5.02. The summed E-state index contributed by atoms with van der Waals surface area (Å²) in [6.07, 6.45) is -0.686. The number of halogens is 1. The number of hydrogen-bond acceptors (Lipinski definition) is 2. The summed E-state index contributed by atoms with van der Waals surface area (Å²) >= 11 is 0. The molecule has 0 aliphatic heterocycles. The third-order valence-electron chi connectivity index (χ3n) is 2.39. The molecule has 0 aliphatic rings. The summed E-state index contributed by atoms with van der Waals surface area (Å²) in [6, 6.07) is 3.05. The van der Waals surface area contributed by atoms with Crippen LogP contribution in [-0.4, -0.2) is 12.2 Å². The molecule has 0 aromatic heterocycles. The van der Waals surface area contributed by atoms with Gasteiger partial charge in [0.2, 0.25) is 0 Å². The van der Waals surface area contributed by atoms with Crippen LogP contribution in [0.2, 0.25) is 0 Å². The van der Waals surface area contributed by atoms with E-state index in [1.165, 1.54) is 13.2 Å². The van der Waals surface area contributed by atoms with E-state index in [-0.39, 0.29) is 11.7 Å². The zero-order chi connectivity index (χ0) is 11.6. The number of benzene rings is 1. The van der Waals surface area contributed by atoms with Gasteiger partial charge in [0.15, 0.2) is 0 Å². The first kappa shape index (κ1) is 12.0. The molecule has 1 N–H and O–H groups in total. The highest BCUT2D eigenvalue weighted by atomic mass is 19.1. The number of hydrogen-bond donors (Lipinski definition) is 1. The minimum absolute atomic E-state index is 0.0583. The van der Waals surface area contributed by atoms with Crippen LogP contribution in [0.3, 0.4) is 0 Å². The minimum Gasteiger partial charge on any atom is -0.496 e. The van der Waals surface area contributed by atoms with Crippen LogP contribution in [0.4, 0.5) is 4.39 Å². The number of aliphatic hydroxyl groups excluding tert-OH is 1. The predicted octanol–water partition coefficient (Wildman–Crippen LogP) is 3.01. The van der Waals surface area contributed by atoms with Crippen molar-refractivity contribution in [2.24, 2.45) is 0 Å². The van der Waals surface area contributed by atoms with E-state index in [4.69, 9.17) is 4.74 Å². The molecule has 0 fully saturated rings. The third kappa shape index (κ3) is 2.48. The molecule has 0 radical (unpaired) electrons. The Hall–Kier alpha value is -1.09. The van der Waals surface area contributed by atoms with Gasteiger partial charge in [0, 0.05) is 5.56 Å². The highest BCUT2D eigenvalue weighted by molar-refractivity contribution is 5.41. The van der Waals surface area contributed by atoms with Gasteiger partial charge in [-0.3, -0.25) is 0 Å². The first-order valence-corrected chi connectivity index (χ1v) is 5.02. The number of aliphatic hydroxyl groups is 1. The quantitative estimate of drug-likeness (QED) is 0.834. The van der Waals surface area contributed by atoms with E-state index in [1.54, 1.807) is 13.0 Å². The fourth-order valence-electron chi connectivity index (χ4n) is 1.58. The Bertz CT molecular complexity index is 346. The smallest absolute Gasteiger partial charge is 0.130 e. The molecule has 0 amide bonds. The van der Waals surface area contributed by atoms with Crippen molar-refractivity contribution in [2.75, 3.05) is 7.11 Å². The number of rotatable bonds is 3. The fraction of sp³-hybridized carbons (Fsp3) is 0.500. The molecular weight excluding hydrogens is 195 g/mol. The van der Waals surface area contributed by atoms with Gasteiger partial charge in [-0.15, -0.1) is 0 Å². The molecule has 1 aromatic rings. The molecule has 15 heavy (non-hydrogen) atoms. The molecule has 2 nitrogen and oxygen atoms in total. The van der Waals surface area contributed by atoms with Gasteiger partial charge in [0.05, 0.1) is 13.2 Å². The normalized spacial score (nSPS) is 13.0. The Balaban J connectivity index is 3.31. The topological polar surface area (TPSA) is 29.5 Å². The summed E-state index contributed by atoms with van der Waals surface area (Å²) in [5.41, 5.74) is 1.09. The Morgan fingerprint density at radius 3 is 2.27 bits per heavy atom. The van der Waals surface area contributed by atoms with Crippen LogP contribution in [0.25, 0.3) is 0 Å². The van der Waals surface area contributed by atoms with E-state index in [0.29, 0.717) is 16.9 Å². The van der Waals surface area contributed by atoms with E-state index in [0.717, 1.165) is 0 Å². The van der Waals surface area contributed by atoms with E-state index in [1.807, 2.05) is 13.8 Å². The van der Waals surface area contributed by atoms with Crippen LogP contribution in [-0.2, 0) is 0 Å². The maximum atomic E-state index is 13.7. The zero-order valence-electron chi connectivity index (χ0n) is 9.54. The Morgan fingerprint density at radius 1 is 1.27 bits per heavy atom. The maximum absolute atomic E-state index is 13.7. The van der Waals surface area contributed by atoms with Crippen LogP contribution in [0.5, 0.6) is 5.75 Å². The lowest BCUT2D eigenvalue weighted by atomic mass is 9.98. The van der Waals surface area contributed by atoms with E-state index >= 15 is 0 Å². The average Bonchev–Trinajstić information content (AvgIpc) is 2.15. The summed E-state index contributed by atoms with van der Waals surface area (Å²) in [6.45, 7) is 5.41. The van der Waals surface area contributed by atoms with Crippen molar-refractivity contribution < 1.29 is 14.2 Å². The predicted molar refractivity (Wildman–Crippen MR) is 57.7 cm³/mol. The van der Waals surface area contributed by atoms with E-state index < -0.39 is 6.10 Å². The highest BCUT2D eigenvalue weighted by Gasteiger charge is 2.16. The van der Waals surface area contributed by atoms with Crippen molar-refractivity contribution in [3.63, 3.8) is 0 Å². The van der Waals surface area contributed by atoms with Crippen molar-refractivity contribution in [3.8, 4) is 5.75 Å². The molecule has 0 bridgehead atoms. The summed E-state index contributed by atoms with van der Waals surface area (Å²) in [4.78, 5) is 0. The largest absolute Gasteiger partial charge is 0.496 e. The van der Waals surface area contributed by atoms with Gasteiger partial charge in [-0.25, -0.2) is 4.39 Å². The summed E-state index contributed by atoms with van der Waals surface area (Å²) < 4.78 is 18.8. The molecule has 1 aromatic carbocycles. The van der Waals surface area contributed by atoms with Gasteiger partial charge < -0.3 is 9.84 Å². The van der Waals surface area contributed by atoms with Crippen LogP contribution >= 0.6 is 0 Å². The van der Waals surface area contributed by atoms with Gasteiger partial charge in [0.25, 0.3) is 0 Å². The minimum atomic E-state index is -0.686. The second-order valence-corrected chi connectivity index (χ2v) is 3.95. The number of ether oxygens (including phenoxy) is 1. The molecular formula is C12H17FO2. The Morgan fingerprint density at radius 2 is 1.87 bits per heavy atom. The first-order chi connectivity index (χ1) is 6.97. The molecule has 1 unspecified atom stereocenters. The van der Waals surface area contributed by atoms with Gasteiger partial charge in [-0.05, 0) is 30.5 Å². The highest BCUT2D eigenvalue weighted by Crippen LogP contribution is 2.32. The second kappa shape index (κ2) is 4.62. The van der Waals surface area contributed by atoms with Crippen molar-refractivity contribution in [1.29, 1.82) is 0 Å². The Kier molecular flexibility index (Phi) is 3.69. The molecule has 0 spiro atoms. The summed E-state index contributed by atoms with van der Waals surface area (Å²) in [7, 11) is 1.51. The zero-order valence-corrected chi connectivity index (χ0v) is 9.54. The van der Waals surface area contributed by atoms with Gasteiger partial charge >= 0.3 is 0 Å². The van der Waals surface area contributed by atoms with Crippen molar-refractivity contribution in [1.82, 2.24) is 0 Å². The lowest BCUT2D eigenvalue weighted by molar-refractivity contribution is 0.198. The van der Waals surface area contributed by atoms with Gasteiger partial charge in [-0.1, -0.05) is 13.8 Å². The van der Waals surface area contributed by atoms with Crippen LogP contribution in [0, 0.1) is 5.82 Å².